The molecule has 0 aliphatic carbocycles. The predicted molar refractivity (Wildman–Crippen MR) is 97.8 cm³/mol. The SMILES string of the molecule is CO/N=C(\C(=O)OC)c1cccc(Cl)c1SCc1ccc(C)cc1. The molecule has 0 saturated heterocycles. The minimum Gasteiger partial charge on any atom is -0.464 e. The molecule has 4 nitrogen and oxygen atoms in total. The van der Waals surface area contributed by atoms with Crippen LogP contribution in [0.2, 0.25) is 5.02 Å². The van der Waals surface area contributed by atoms with E-state index in [1.54, 1.807) is 18.2 Å². The summed E-state index contributed by atoms with van der Waals surface area (Å²) in [5.41, 5.74) is 3.06. The van der Waals surface area contributed by atoms with Gasteiger partial charge in [-0.15, -0.1) is 11.8 Å². The van der Waals surface area contributed by atoms with Gasteiger partial charge in [-0.1, -0.05) is 58.7 Å². The number of carbonyl (C=O) groups excluding carboxylic acids is 1. The quantitative estimate of drug-likeness (QED) is 0.329. The first-order valence-corrected chi connectivity index (χ1v) is 8.60. The fraction of sp³-hybridized carbons (Fsp3) is 0.222. The molecule has 0 unspecified atom stereocenters. The van der Waals surface area contributed by atoms with Crippen LogP contribution in [0.5, 0.6) is 0 Å². The van der Waals surface area contributed by atoms with Crippen LogP contribution in [-0.2, 0) is 20.1 Å². The van der Waals surface area contributed by atoms with Gasteiger partial charge in [0.05, 0.1) is 12.1 Å². The molecule has 0 aromatic heterocycles. The van der Waals surface area contributed by atoms with Gasteiger partial charge in [-0.3, -0.25) is 0 Å². The van der Waals surface area contributed by atoms with Gasteiger partial charge in [-0.25, -0.2) is 4.79 Å². The van der Waals surface area contributed by atoms with E-state index < -0.39 is 5.97 Å². The van der Waals surface area contributed by atoms with Gasteiger partial charge >= 0.3 is 5.97 Å². The van der Waals surface area contributed by atoms with Crippen LogP contribution in [0.3, 0.4) is 0 Å². The Balaban J connectivity index is 2.33. The number of thioether (sulfide) groups is 1. The molecular formula is C18H18ClNO3S. The summed E-state index contributed by atoms with van der Waals surface area (Å²) in [4.78, 5) is 17.5. The molecule has 2 rings (SSSR count). The van der Waals surface area contributed by atoms with Gasteiger partial charge in [-0.2, -0.15) is 0 Å². The van der Waals surface area contributed by atoms with E-state index in [0.29, 0.717) is 10.6 Å². The Morgan fingerprint density at radius 2 is 1.88 bits per heavy atom. The summed E-state index contributed by atoms with van der Waals surface area (Å²) in [6, 6.07) is 13.6. The fourth-order valence-corrected chi connectivity index (χ4v) is 3.43. The van der Waals surface area contributed by atoms with Crippen LogP contribution in [0.15, 0.2) is 52.5 Å². The largest absolute Gasteiger partial charge is 0.464 e. The summed E-state index contributed by atoms with van der Waals surface area (Å²) in [6.07, 6.45) is 0. The van der Waals surface area contributed by atoms with Crippen molar-refractivity contribution < 1.29 is 14.4 Å². The van der Waals surface area contributed by atoms with Crippen molar-refractivity contribution >= 4 is 35.0 Å². The lowest BCUT2D eigenvalue weighted by molar-refractivity contribution is -0.132. The number of methoxy groups -OCH3 is 1. The molecule has 0 N–H and O–H groups in total. The van der Waals surface area contributed by atoms with Crippen molar-refractivity contribution in [2.24, 2.45) is 5.16 Å². The molecule has 0 saturated carbocycles. The fourth-order valence-electron chi connectivity index (χ4n) is 2.07. The van der Waals surface area contributed by atoms with Gasteiger partial charge in [0.25, 0.3) is 0 Å². The molecule has 0 fully saturated rings. The number of carbonyl (C=O) groups is 1. The lowest BCUT2D eigenvalue weighted by atomic mass is 10.1. The second-order valence-electron chi connectivity index (χ2n) is 5.00. The highest BCUT2D eigenvalue weighted by atomic mass is 35.5. The summed E-state index contributed by atoms with van der Waals surface area (Å²) < 4.78 is 4.79. The number of benzene rings is 2. The first kappa shape index (κ1) is 18.4. The van der Waals surface area contributed by atoms with Crippen molar-refractivity contribution in [3.05, 3.63) is 64.2 Å². The van der Waals surface area contributed by atoms with E-state index in [1.807, 2.05) is 6.92 Å². The summed E-state index contributed by atoms with van der Waals surface area (Å²) in [6.45, 7) is 2.05. The molecule has 0 heterocycles. The van der Waals surface area contributed by atoms with E-state index in [-0.39, 0.29) is 5.71 Å². The molecule has 0 aliphatic rings. The van der Waals surface area contributed by atoms with E-state index in [0.717, 1.165) is 10.6 Å². The molecule has 0 atom stereocenters. The Bertz CT molecular complexity index is 744. The second kappa shape index (κ2) is 8.76. The molecule has 0 amide bonds. The third kappa shape index (κ3) is 4.52. The third-order valence-corrected chi connectivity index (χ3v) is 4.92. The highest BCUT2D eigenvalue weighted by Crippen LogP contribution is 2.33. The zero-order valence-corrected chi connectivity index (χ0v) is 15.3. The number of ether oxygens (including phenoxy) is 1. The Morgan fingerprint density at radius 1 is 1.17 bits per heavy atom. The Kier molecular flexibility index (Phi) is 6.70. The van der Waals surface area contributed by atoms with Crippen molar-refractivity contribution in [2.75, 3.05) is 14.2 Å². The van der Waals surface area contributed by atoms with Gasteiger partial charge in [0.15, 0.2) is 5.71 Å². The first-order chi connectivity index (χ1) is 11.6. The molecule has 126 valence electrons. The topological polar surface area (TPSA) is 47.9 Å². The van der Waals surface area contributed by atoms with E-state index in [2.05, 4.69) is 29.4 Å². The lowest BCUT2D eigenvalue weighted by Crippen LogP contribution is -2.18. The average Bonchev–Trinajstić information content (AvgIpc) is 2.59. The second-order valence-corrected chi connectivity index (χ2v) is 6.40. The number of halogens is 1. The Hall–Kier alpha value is -1.98. The van der Waals surface area contributed by atoms with Crippen molar-refractivity contribution in [1.29, 1.82) is 0 Å². The van der Waals surface area contributed by atoms with Crippen molar-refractivity contribution in [3.63, 3.8) is 0 Å². The van der Waals surface area contributed by atoms with Gasteiger partial charge in [-0.05, 0) is 18.6 Å². The molecule has 0 bridgehead atoms. The highest BCUT2D eigenvalue weighted by Gasteiger charge is 2.21. The zero-order valence-electron chi connectivity index (χ0n) is 13.7. The molecule has 24 heavy (non-hydrogen) atoms. The molecule has 0 radical (unpaired) electrons. The van der Waals surface area contributed by atoms with Crippen LogP contribution in [0, 0.1) is 6.92 Å². The standard InChI is InChI=1S/C18H18ClNO3S/c1-12-7-9-13(10-8-12)11-24-17-14(5-4-6-15(17)19)16(20-23-3)18(21)22-2/h4-10H,11H2,1-3H3/b20-16-. The number of aryl methyl sites for hydroxylation is 1. The van der Waals surface area contributed by atoms with E-state index >= 15 is 0 Å². The highest BCUT2D eigenvalue weighted by molar-refractivity contribution is 7.98. The summed E-state index contributed by atoms with van der Waals surface area (Å²) in [5.74, 6) is 0.148. The molecule has 0 spiro atoms. The van der Waals surface area contributed by atoms with E-state index in [9.17, 15) is 4.79 Å². The Morgan fingerprint density at radius 3 is 2.50 bits per heavy atom. The zero-order chi connectivity index (χ0) is 17.5. The summed E-state index contributed by atoms with van der Waals surface area (Å²) in [7, 11) is 2.68. The maximum absolute atomic E-state index is 12.0. The van der Waals surface area contributed by atoms with Crippen LogP contribution >= 0.6 is 23.4 Å². The van der Waals surface area contributed by atoms with Gasteiger partial charge in [0.2, 0.25) is 0 Å². The van der Waals surface area contributed by atoms with Gasteiger partial charge in [0, 0.05) is 16.2 Å². The monoisotopic (exact) mass is 363 g/mol. The van der Waals surface area contributed by atoms with Crippen LogP contribution < -0.4 is 0 Å². The van der Waals surface area contributed by atoms with Crippen LogP contribution in [0.1, 0.15) is 16.7 Å². The minimum atomic E-state index is -0.573. The number of hydrogen-bond acceptors (Lipinski definition) is 5. The number of rotatable bonds is 6. The molecular weight excluding hydrogens is 346 g/mol. The summed E-state index contributed by atoms with van der Waals surface area (Å²) in [5, 5.41) is 4.36. The molecule has 2 aromatic rings. The van der Waals surface area contributed by atoms with Crippen molar-refractivity contribution in [1.82, 2.24) is 0 Å². The van der Waals surface area contributed by atoms with Gasteiger partial charge in [0.1, 0.15) is 7.11 Å². The normalized spacial score (nSPS) is 11.2. The summed E-state index contributed by atoms with van der Waals surface area (Å²) >= 11 is 7.88. The first-order valence-electron chi connectivity index (χ1n) is 7.23. The van der Waals surface area contributed by atoms with E-state index in [4.69, 9.17) is 21.2 Å². The van der Waals surface area contributed by atoms with Crippen molar-refractivity contribution in [2.45, 2.75) is 17.6 Å². The van der Waals surface area contributed by atoms with Crippen LogP contribution in [0.25, 0.3) is 0 Å². The smallest absolute Gasteiger partial charge is 0.360 e. The maximum Gasteiger partial charge on any atom is 0.360 e. The number of hydrogen-bond donors (Lipinski definition) is 0. The van der Waals surface area contributed by atoms with Crippen LogP contribution in [-0.4, -0.2) is 25.9 Å². The maximum atomic E-state index is 12.0. The number of nitrogens with zero attached hydrogens (tertiary/aromatic N) is 1. The Labute approximate surface area is 150 Å². The average molecular weight is 364 g/mol. The van der Waals surface area contributed by atoms with Gasteiger partial charge < -0.3 is 9.57 Å². The molecule has 6 heteroatoms. The van der Waals surface area contributed by atoms with E-state index in [1.165, 1.54) is 37.1 Å². The molecule has 0 aliphatic heterocycles. The van der Waals surface area contributed by atoms with Crippen LogP contribution in [0.4, 0.5) is 0 Å². The molecule has 2 aromatic carbocycles. The third-order valence-electron chi connectivity index (χ3n) is 3.29. The predicted octanol–water partition coefficient (Wildman–Crippen LogP) is 4.46. The van der Waals surface area contributed by atoms with Crippen molar-refractivity contribution in [3.8, 4) is 0 Å². The minimum absolute atomic E-state index is 0.0916. The number of esters is 1. The number of oxime groups is 1. The lowest BCUT2D eigenvalue weighted by Gasteiger charge is -2.12.